The van der Waals surface area contributed by atoms with Crippen molar-refractivity contribution >= 4 is 10.2 Å². The molecule has 0 aromatic heterocycles. The maximum absolute atomic E-state index is 12.1. The highest BCUT2D eigenvalue weighted by Gasteiger charge is 2.20. The first-order valence-electron chi connectivity index (χ1n) is 3.78. The van der Waals surface area contributed by atoms with Crippen LogP contribution in [0.15, 0.2) is 0 Å². The van der Waals surface area contributed by atoms with E-state index in [2.05, 4.69) is 0 Å². The summed E-state index contributed by atoms with van der Waals surface area (Å²) in [5, 5.41) is 0. The summed E-state index contributed by atoms with van der Waals surface area (Å²) in [7, 11) is -4.42. The van der Waals surface area contributed by atoms with Crippen molar-refractivity contribution in [3.05, 3.63) is 0 Å². The molecule has 0 amide bonds. The zero-order chi connectivity index (χ0) is 9.99. The zero-order valence-electron chi connectivity index (χ0n) is 7.67. The third-order valence-electron chi connectivity index (χ3n) is 1.29. The Labute approximate surface area is 73.4 Å². The molecule has 3 nitrogen and oxygen atoms in total. The largest absolute Gasteiger partial charge is 0.327 e. The Hall–Kier alpha value is -0.160. The van der Waals surface area contributed by atoms with E-state index in [1.165, 1.54) is 0 Å². The standard InChI is InChI=1S/C7H16FNO2S/c1-7(2,3)4-6(9)5-12(8,10)11/h6H,4-5,9H2,1-3H3. The predicted octanol–water partition coefficient (Wildman–Crippen LogP) is 1.05. The Bertz CT molecular complexity index is 230. The molecule has 0 aliphatic rings. The zero-order valence-corrected chi connectivity index (χ0v) is 8.49. The minimum absolute atomic E-state index is 0.0654. The molecule has 0 spiro atoms. The molecular formula is C7H16FNO2S. The summed E-state index contributed by atoms with van der Waals surface area (Å²) in [6.07, 6.45) is 0.496. The molecule has 2 N–H and O–H groups in total. The first-order chi connectivity index (χ1) is 5.10. The van der Waals surface area contributed by atoms with Crippen molar-refractivity contribution in [3.63, 3.8) is 0 Å². The Morgan fingerprint density at radius 1 is 1.42 bits per heavy atom. The van der Waals surface area contributed by atoms with Crippen molar-refractivity contribution in [3.8, 4) is 0 Å². The second-order valence-electron chi connectivity index (χ2n) is 4.23. The number of halogens is 1. The second kappa shape index (κ2) is 3.70. The van der Waals surface area contributed by atoms with Gasteiger partial charge in [-0.3, -0.25) is 0 Å². The fourth-order valence-electron chi connectivity index (χ4n) is 1.10. The Kier molecular flexibility index (Phi) is 3.65. The van der Waals surface area contributed by atoms with Crippen LogP contribution in [-0.4, -0.2) is 20.2 Å². The van der Waals surface area contributed by atoms with E-state index in [1.54, 1.807) is 0 Å². The number of hydrogen-bond donors (Lipinski definition) is 1. The van der Waals surface area contributed by atoms with Crippen molar-refractivity contribution in [2.45, 2.75) is 33.2 Å². The summed E-state index contributed by atoms with van der Waals surface area (Å²) >= 11 is 0. The van der Waals surface area contributed by atoms with Crippen LogP contribution in [0.25, 0.3) is 0 Å². The average Bonchev–Trinajstić information content (AvgIpc) is 1.49. The maximum atomic E-state index is 12.1. The van der Waals surface area contributed by atoms with Crippen molar-refractivity contribution in [1.29, 1.82) is 0 Å². The van der Waals surface area contributed by atoms with E-state index in [4.69, 9.17) is 5.73 Å². The minimum atomic E-state index is -4.42. The van der Waals surface area contributed by atoms with Crippen molar-refractivity contribution in [2.75, 3.05) is 5.75 Å². The fourth-order valence-corrected chi connectivity index (χ4v) is 1.73. The highest BCUT2D eigenvalue weighted by molar-refractivity contribution is 7.86. The minimum Gasteiger partial charge on any atom is -0.327 e. The van der Waals surface area contributed by atoms with Gasteiger partial charge in [0.25, 0.3) is 0 Å². The van der Waals surface area contributed by atoms with Crippen LogP contribution in [0.4, 0.5) is 3.89 Å². The molecule has 74 valence electrons. The number of hydrogen-bond acceptors (Lipinski definition) is 3. The van der Waals surface area contributed by atoms with Crippen LogP contribution >= 0.6 is 0 Å². The molecular weight excluding hydrogens is 181 g/mol. The molecule has 0 radical (unpaired) electrons. The van der Waals surface area contributed by atoms with Crippen molar-refractivity contribution in [1.82, 2.24) is 0 Å². The van der Waals surface area contributed by atoms with Crippen LogP contribution in [0, 0.1) is 5.41 Å². The number of nitrogens with two attached hydrogens (primary N) is 1. The summed E-state index contributed by atoms with van der Waals surface area (Å²) in [4.78, 5) is 0. The molecule has 0 heterocycles. The van der Waals surface area contributed by atoms with Gasteiger partial charge in [-0.05, 0) is 11.8 Å². The molecule has 1 unspecified atom stereocenters. The monoisotopic (exact) mass is 197 g/mol. The summed E-state index contributed by atoms with van der Waals surface area (Å²) in [5.74, 6) is -0.579. The molecule has 0 rings (SSSR count). The molecule has 0 bridgehead atoms. The quantitative estimate of drug-likeness (QED) is 0.688. The van der Waals surface area contributed by atoms with Crippen LogP contribution in [0.2, 0.25) is 0 Å². The second-order valence-corrected chi connectivity index (χ2v) is 5.64. The Balaban J connectivity index is 4.00. The Morgan fingerprint density at radius 3 is 2.08 bits per heavy atom. The molecule has 0 fully saturated rings. The topological polar surface area (TPSA) is 60.2 Å². The van der Waals surface area contributed by atoms with Gasteiger partial charge in [-0.1, -0.05) is 20.8 Å². The van der Waals surface area contributed by atoms with Gasteiger partial charge in [-0.15, -0.1) is 3.89 Å². The molecule has 0 saturated heterocycles. The Morgan fingerprint density at radius 2 is 1.83 bits per heavy atom. The fraction of sp³-hybridized carbons (Fsp3) is 1.00. The predicted molar refractivity (Wildman–Crippen MR) is 46.9 cm³/mol. The average molecular weight is 197 g/mol. The third-order valence-corrected chi connectivity index (χ3v) is 2.11. The normalized spacial score (nSPS) is 16.1. The van der Waals surface area contributed by atoms with E-state index >= 15 is 0 Å². The molecule has 12 heavy (non-hydrogen) atoms. The molecule has 0 aliphatic carbocycles. The molecule has 0 aliphatic heterocycles. The van der Waals surface area contributed by atoms with Gasteiger partial charge in [-0.25, -0.2) is 0 Å². The van der Waals surface area contributed by atoms with Gasteiger partial charge in [-0.2, -0.15) is 8.42 Å². The summed E-state index contributed by atoms with van der Waals surface area (Å²) in [5.41, 5.74) is 5.36. The van der Waals surface area contributed by atoms with E-state index in [-0.39, 0.29) is 5.41 Å². The lowest BCUT2D eigenvalue weighted by molar-refractivity contribution is 0.348. The van der Waals surface area contributed by atoms with Crippen LogP contribution in [0.1, 0.15) is 27.2 Å². The lowest BCUT2D eigenvalue weighted by Crippen LogP contribution is -2.32. The van der Waals surface area contributed by atoms with Crippen LogP contribution < -0.4 is 5.73 Å². The SMILES string of the molecule is CC(C)(C)CC(N)CS(=O)(=O)F. The van der Waals surface area contributed by atoms with Gasteiger partial charge < -0.3 is 5.73 Å². The molecule has 0 saturated carbocycles. The molecule has 0 aromatic carbocycles. The van der Waals surface area contributed by atoms with E-state index in [9.17, 15) is 12.3 Å². The van der Waals surface area contributed by atoms with Crippen LogP contribution in [0.3, 0.4) is 0 Å². The van der Waals surface area contributed by atoms with Gasteiger partial charge in [0.1, 0.15) is 0 Å². The summed E-state index contributed by atoms with van der Waals surface area (Å²) < 4.78 is 32.5. The molecule has 5 heteroatoms. The van der Waals surface area contributed by atoms with Gasteiger partial charge >= 0.3 is 10.2 Å². The lowest BCUT2D eigenvalue weighted by atomic mass is 9.89. The van der Waals surface area contributed by atoms with Gasteiger partial charge in [0.15, 0.2) is 0 Å². The van der Waals surface area contributed by atoms with E-state index in [1.807, 2.05) is 20.8 Å². The molecule has 0 aromatic rings. The lowest BCUT2D eigenvalue weighted by Gasteiger charge is -2.21. The summed E-state index contributed by atoms with van der Waals surface area (Å²) in [6.45, 7) is 5.78. The van der Waals surface area contributed by atoms with Crippen molar-refractivity contribution in [2.24, 2.45) is 11.1 Å². The van der Waals surface area contributed by atoms with Gasteiger partial charge in [0.2, 0.25) is 0 Å². The third kappa shape index (κ3) is 7.94. The smallest absolute Gasteiger partial charge is 0.303 e. The first-order valence-corrected chi connectivity index (χ1v) is 5.33. The van der Waals surface area contributed by atoms with Crippen molar-refractivity contribution < 1.29 is 12.3 Å². The highest BCUT2D eigenvalue weighted by atomic mass is 32.3. The van der Waals surface area contributed by atoms with E-state index < -0.39 is 22.0 Å². The molecule has 1 atom stereocenters. The summed E-state index contributed by atoms with van der Waals surface area (Å²) in [6, 6.07) is -0.611. The van der Waals surface area contributed by atoms with Gasteiger partial charge in [0, 0.05) is 6.04 Å². The van der Waals surface area contributed by atoms with E-state index in [0.717, 1.165) is 0 Å². The first kappa shape index (κ1) is 11.8. The number of rotatable bonds is 3. The van der Waals surface area contributed by atoms with E-state index in [0.29, 0.717) is 6.42 Å². The maximum Gasteiger partial charge on any atom is 0.303 e. The van der Waals surface area contributed by atoms with Crippen LogP contribution in [0.5, 0.6) is 0 Å². The van der Waals surface area contributed by atoms with Crippen LogP contribution in [-0.2, 0) is 10.2 Å². The van der Waals surface area contributed by atoms with Gasteiger partial charge in [0.05, 0.1) is 5.75 Å². The highest BCUT2D eigenvalue weighted by Crippen LogP contribution is 2.20.